The van der Waals surface area contributed by atoms with Crippen molar-refractivity contribution in [3.8, 4) is 0 Å². The largest absolute Gasteiger partial charge is 0.341 e. The van der Waals surface area contributed by atoms with E-state index in [2.05, 4.69) is 6.92 Å². The van der Waals surface area contributed by atoms with Crippen molar-refractivity contribution in [2.24, 2.45) is 5.92 Å². The number of thiocarbonyl (C=S) groups is 1. The Labute approximate surface area is 151 Å². The van der Waals surface area contributed by atoms with E-state index in [1.54, 1.807) is 0 Å². The minimum atomic E-state index is -0.174. The van der Waals surface area contributed by atoms with Crippen molar-refractivity contribution in [2.45, 2.75) is 19.8 Å². The first-order chi connectivity index (χ1) is 11.5. The van der Waals surface area contributed by atoms with Gasteiger partial charge in [0.05, 0.1) is 4.91 Å². The highest BCUT2D eigenvalue weighted by molar-refractivity contribution is 8.26. The van der Waals surface area contributed by atoms with Crippen molar-refractivity contribution in [3.63, 3.8) is 0 Å². The average molecular weight is 361 g/mol. The van der Waals surface area contributed by atoms with Crippen molar-refractivity contribution in [1.82, 2.24) is 9.80 Å². The zero-order valence-electron chi connectivity index (χ0n) is 13.6. The first-order valence-electron chi connectivity index (χ1n) is 8.13. The molecule has 0 radical (unpaired) electrons. The second-order valence-electron chi connectivity index (χ2n) is 6.24. The lowest BCUT2D eigenvalue weighted by molar-refractivity contribution is -0.136. The molecule has 0 spiro atoms. The molecule has 0 saturated carbocycles. The molecule has 6 heteroatoms. The molecule has 126 valence electrons. The summed E-state index contributed by atoms with van der Waals surface area (Å²) >= 11 is 6.57. The molecule has 2 saturated heterocycles. The topological polar surface area (TPSA) is 40.6 Å². The van der Waals surface area contributed by atoms with Gasteiger partial charge in [-0.15, -0.1) is 0 Å². The monoisotopic (exact) mass is 360 g/mol. The zero-order chi connectivity index (χ0) is 17.1. The van der Waals surface area contributed by atoms with Gasteiger partial charge in [-0.1, -0.05) is 61.2 Å². The fraction of sp³-hybridized carbons (Fsp3) is 0.389. The van der Waals surface area contributed by atoms with Gasteiger partial charge < -0.3 is 4.90 Å². The molecule has 24 heavy (non-hydrogen) atoms. The second kappa shape index (κ2) is 7.49. The number of rotatable bonds is 3. The van der Waals surface area contributed by atoms with Crippen molar-refractivity contribution in [3.05, 3.63) is 40.8 Å². The molecule has 2 aliphatic heterocycles. The zero-order valence-corrected chi connectivity index (χ0v) is 15.2. The number of hydrogen-bond donors (Lipinski definition) is 0. The smallest absolute Gasteiger partial charge is 0.266 e. The predicted octanol–water partition coefficient (Wildman–Crippen LogP) is 3.15. The molecule has 2 amide bonds. The lowest BCUT2D eigenvalue weighted by atomic mass is 9.99. The quantitative estimate of drug-likeness (QED) is 0.613. The maximum atomic E-state index is 12.6. The minimum Gasteiger partial charge on any atom is -0.341 e. The first kappa shape index (κ1) is 17.2. The van der Waals surface area contributed by atoms with Gasteiger partial charge in [0.2, 0.25) is 5.91 Å². The number of carbonyl (C=O) groups is 2. The van der Waals surface area contributed by atoms with Crippen molar-refractivity contribution in [1.29, 1.82) is 0 Å². The first-order valence-corrected chi connectivity index (χ1v) is 9.35. The molecule has 0 N–H and O–H groups in total. The van der Waals surface area contributed by atoms with Gasteiger partial charge in [0.1, 0.15) is 10.9 Å². The molecule has 2 aliphatic rings. The molecule has 2 fully saturated rings. The summed E-state index contributed by atoms with van der Waals surface area (Å²) in [6.45, 7) is 3.80. The second-order valence-corrected chi connectivity index (χ2v) is 7.92. The van der Waals surface area contributed by atoms with Gasteiger partial charge >= 0.3 is 0 Å². The number of likely N-dealkylation sites (tertiary alicyclic amines) is 1. The van der Waals surface area contributed by atoms with Crippen LogP contribution in [0.4, 0.5) is 0 Å². The molecule has 2 heterocycles. The number of piperidine rings is 1. The summed E-state index contributed by atoms with van der Waals surface area (Å²) in [5.41, 5.74) is 0.953. The summed E-state index contributed by atoms with van der Waals surface area (Å²) in [6.07, 6.45) is 3.88. The van der Waals surface area contributed by atoms with Crippen LogP contribution in [-0.4, -0.2) is 45.6 Å². The molecular weight excluding hydrogens is 340 g/mol. The maximum Gasteiger partial charge on any atom is 0.266 e. The summed E-state index contributed by atoms with van der Waals surface area (Å²) in [5, 5.41) is 0. The Kier molecular flexibility index (Phi) is 5.36. The highest BCUT2D eigenvalue weighted by Gasteiger charge is 2.34. The number of hydrogen-bond acceptors (Lipinski definition) is 4. The van der Waals surface area contributed by atoms with E-state index < -0.39 is 0 Å². The van der Waals surface area contributed by atoms with Crippen LogP contribution in [-0.2, 0) is 9.59 Å². The lowest BCUT2D eigenvalue weighted by Gasteiger charge is -2.31. The van der Waals surface area contributed by atoms with Gasteiger partial charge in [0.15, 0.2) is 0 Å². The molecule has 0 bridgehead atoms. The van der Waals surface area contributed by atoms with E-state index in [4.69, 9.17) is 12.2 Å². The molecule has 3 rings (SSSR count). The van der Waals surface area contributed by atoms with E-state index in [-0.39, 0.29) is 18.4 Å². The summed E-state index contributed by atoms with van der Waals surface area (Å²) < 4.78 is 0.459. The number of amides is 2. The molecule has 4 nitrogen and oxygen atoms in total. The van der Waals surface area contributed by atoms with Crippen molar-refractivity contribution >= 4 is 46.2 Å². The van der Waals surface area contributed by atoms with Crippen LogP contribution in [0.15, 0.2) is 35.2 Å². The standard InChI is InChI=1S/C18H20N2O2S2/c1-13-7-9-19(10-8-13)16(21)12-20-17(22)15(24-18(20)23)11-14-5-3-2-4-6-14/h2-6,11,13H,7-10,12H2,1H3/b15-11+. The Morgan fingerprint density at radius 2 is 1.96 bits per heavy atom. The Balaban J connectivity index is 1.66. The van der Waals surface area contributed by atoms with Gasteiger partial charge in [-0.2, -0.15) is 0 Å². The normalized spacial score (nSPS) is 21.0. The lowest BCUT2D eigenvalue weighted by Crippen LogP contribution is -2.45. The summed E-state index contributed by atoms with van der Waals surface area (Å²) in [6, 6.07) is 9.65. The number of thioether (sulfide) groups is 1. The SMILES string of the molecule is CC1CCN(C(=O)CN2C(=O)/C(=C\c3ccccc3)SC2=S)CC1. The van der Waals surface area contributed by atoms with Crippen LogP contribution >= 0.6 is 24.0 Å². The van der Waals surface area contributed by atoms with Crippen LogP contribution < -0.4 is 0 Å². The maximum absolute atomic E-state index is 12.6. The molecule has 1 aromatic rings. The fourth-order valence-corrected chi connectivity index (χ4v) is 4.09. The molecular formula is C18H20N2O2S2. The molecule has 0 aromatic heterocycles. The van der Waals surface area contributed by atoms with Gasteiger partial charge in [0, 0.05) is 13.1 Å². The predicted molar refractivity (Wildman–Crippen MR) is 101 cm³/mol. The number of nitrogens with zero attached hydrogens (tertiary/aromatic N) is 2. The van der Waals surface area contributed by atoms with Gasteiger partial charge in [-0.3, -0.25) is 14.5 Å². The molecule has 0 aliphatic carbocycles. The van der Waals surface area contributed by atoms with Gasteiger partial charge in [-0.25, -0.2) is 0 Å². The third-order valence-corrected chi connectivity index (χ3v) is 5.78. The Morgan fingerprint density at radius 3 is 2.62 bits per heavy atom. The molecule has 0 atom stereocenters. The van der Waals surface area contributed by atoms with E-state index in [1.165, 1.54) is 16.7 Å². The summed E-state index contributed by atoms with van der Waals surface area (Å²) in [5.74, 6) is 0.478. The Bertz CT molecular complexity index is 680. The summed E-state index contributed by atoms with van der Waals surface area (Å²) in [4.78, 5) is 28.9. The van der Waals surface area contributed by atoms with Crippen LogP contribution in [0.1, 0.15) is 25.3 Å². The Morgan fingerprint density at radius 1 is 1.29 bits per heavy atom. The molecule has 1 aromatic carbocycles. The van der Waals surface area contributed by atoms with Gasteiger partial charge in [-0.05, 0) is 30.4 Å². The van der Waals surface area contributed by atoms with Crippen LogP contribution in [0, 0.1) is 5.92 Å². The Hall–Kier alpha value is -1.66. The van der Waals surface area contributed by atoms with E-state index >= 15 is 0 Å². The van der Waals surface area contributed by atoms with Crippen molar-refractivity contribution < 1.29 is 9.59 Å². The van der Waals surface area contributed by atoms with Crippen LogP contribution in [0.3, 0.4) is 0 Å². The van der Waals surface area contributed by atoms with Crippen LogP contribution in [0.2, 0.25) is 0 Å². The molecule has 0 unspecified atom stereocenters. The number of benzene rings is 1. The van der Waals surface area contributed by atoms with Crippen LogP contribution in [0.25, 0.3) is 6.08 Å². The summed E-state index contributed by atoms with van der Waals surface area (Å²) in [7, 11) is 0. The number of carbonyl (C=O) groups excluding carboxylic acids is 2. The highest BCUT2D eigenvalue weighted by Crippen LogP contribution is 2.32. The van der Waals surface area contributed by atoms with Crippen LogP contribution in [0.5, 0.6) is 0 Å². The fourth-order valence-electron chi connectivity index (χ4n) is 2.83. The third-order valence-electron chi connectivity index (χ3n) is 4.40. The average Bonchev–Trinajstić information content (AvgIpc) is 2.84. The van der Waals surface area contributed by atoms with E-state index in [9.17, 15) is 9.59 Å². The van der Waals surface area contributed by atoms with Gasteiger partial charge in [0.25, 0.3) is 5.91 Å². The minimum absolute atomic E-state index is 0.0147. The van der Waals surface area contributed by atoms with E-state index in [1.807, 2.05) is 41.3 Å². The van der Waals surface area contributed by atoms with E-state index in [0.29, 0.717) is 15.1 Å². The third kappa shape index (κ3) is 3.87. The van der Waals surface area contributed by atoms with Crippen molar-refractivity contribution in [2.75, 3.05) is 19.6 Å². The highest BCUT2D eigenvalue weighted by atomic mass is 32.2. The van der Waals surface area contributed by atoms with E-state index in [0.717, 1.165) is 31.5 Å².